The van der Waals surface area contributed by atoms with Crippen LogP contribution in [0.4, 0.5) is 0 Å². The predicted octanol–water partition coefficient (Wildman–Crippen LogP) is 5.60. The fourth-order valence-corrected chi connectivity index (χ4v) is 4.57. The van der Waals surface area contributed by atoms with Gasteiger partial charge in [-0.05, 0) is 42.5 Å². The summed E-state index contributed by atoms with van der Waals surface area (Å²) in [6.45, 7) is 1.43. The number of aliphatic hydroxyl groups is 1. The van der Waals surface area contributed by atoms with Crippen molar-refractivity contribution in [2.45, 2.75) is 25.6 Å². The number of amides is 1. The number of piperidine rings is 1. The zero-order valence-electron chi connectivity index (χ0n) is 18.4. The Morgan fingerprint density at radius 1 is 0.939 bits per heavy atom. The molecule has 1 unspecified atom stereocenters. The molecular weight excluding hydrogens is 414 g/mol. The van der Waals surface area contributed by atoms with Crippen molar-refractivity contribution in [3.8, 4) is 5.75 Å². The molecule has 1 N–H and O–H groups in total. The van der Waals surface area contributed by atoms with Crippen molar-refractivity contribution in [3.05, 3.63) is 102 Å². The molecule has 5 rings (SSSR count). The average molecular weight is 442 g/mol. The van der Waals surface area contributed by atoms with E-state index in [9.17, 15) is 9.90 Å². The van der Waals surface area contributed by atoms with Crippen LogP contribution in [0.25, 0.3) is 11.0 Å². The van der Waals surface area contributed by atoms with E-state index in [2.05, 4.69) is 0 Å². The van der Waals surface area contributed by atoms with Gasteiger partial charge in [0.1, 0.15) is 17.9 Å². The van der Waals surface area contributed by atoms with Gasteiger partial charge in [0, 0.05) is 24.0 Å². The lowest BCUT2D eigenvalue weighted by molar-refractivity contribution is 0.0442. The van der Waals surface area contributed by atoms with Crippen molar-refractivity contribution in [2.75, 3.05) is 13.1 Å². The van der Waals surface area contributed by atoms with Crippen LogP contribution in [0.1, 0.15) is 40.6 Å². The van der Waals surface area contributed by atoms with E-state index in [0.29, 0.717) is 24.4 Å². The number of aliphatic hydroxyl groups excluding tert-OH is 1. The minimum Gasteiger partial charge on any atom is -0.489 e. The Morgan fingerprint density at radius 3 is 2.30 bits per heavy atom. The number of rotatable bonds is 6. The second kappa shape index (κ2) is 9.51. The van der Waals surface area contributed by atoms with Crippen LogP contribution in [-0.4, -0.2) is 29.0 Å². The monoisotopic (exact) mass is 441 g/mol. The minimum absolute atomic E-state index is 0.120. The Hall–Kier alpha value is -3.57. The Kier molecular flexibility index (Phi) is 6.13. The molecular formula is C28H27NO4. The number of ether oxygens (including phenoxy) is 1. The molecule has 0 radical (unpaired) electrons. The number of fused-ring (bicyclic) bond motifs is 1. The molecule has 2 heterocycles. The average Bonchev–Trinajstić information content (AvgIpc) is 3.26. The fraction of sp³-hybridized carbons (Fsp3) is 0.250. The summed E-state index contributed by atoms with van der Waals surface area (Å²) >= 11 is 0. The lowest BCUT2D eigenvalue weighted by atomic mass is 9.87. The van der Waals surface area contributed by atoms with Crippen molar-refractivity contribution in [2.24, 2.45) is 5.92 Å². The molecule has 1 aliphatic rings. The molecule has 0 spiro atoms. The lowest BCUT2D eigenvalue weighted by Crippen LogP contribution is -2.40. The number of benzene rings is 3. The highest BCUT2D eigenvalue weighted by Gasteiger charge is 2.31. The van der Waals surface area contributed by atoms with Gasteiger partial charge in [0.15, 0.2) is 5.76 Å². The van der Waals surface area contributed by atoms with Crippen molar-refractivity contribution in [1.29, 1.82) is 0 Å². The maximum atomic E-state index is 13.5. The second-order valence-corrected chi connectivity index (χ2v) is 8.49. The molecule has 5 nitrogen and oxygen atoms in total. The van der Waals surface area contributed by atoms with Crippen LogP contribution in [0, 0.1) is 5.92 Å². The SMILES string of the molecule is O=C(c1oc2ccccc2c1COc1ccccc1)N1CCC(C(O)c2ccccc2)CC1. The first-order valence-electron chi connectivity index (χ1n) is 11.4. The minimum atomic E-state index is -0.510. The molecule has 4 aromatic rings. The molecule has 5 heteroatoms. The first kappa shape index (κ1) is 21.3. The summed E-state index contributed by atoms with van der Waals surface area (Å²) in [4.78, 5) is 15.3. The van der Waals surface area contributed by atoms with E-state index >= 15 is 0 Å². The van der Waals surface area contributed by atoms with E-state index in [1.165, 1.54) is 0 Å². The first-order chi connectivity index (χ1) is 16.2. The quantitative estimate of drug-likeness (QED) is 0.423. The van der Waals surface area contributed by atoms with E-state index < -0.39 is 6.10 Å². The summed E-state index contributed by atoms with van der Waals surface area (Å²) in [5.41, 5.74) is 2.38. The van der Waals surface area contributed by atoms with Crippen LogP contribution < -0.4 is 4.74 Å². The maximum Gasteiger partial charge on any atom is 0.290 e. The van der Waals surface area contributed by atoms with Crippen LogP contribution in [0.15, 0.2) is 89.3 Å². The zero-order chi connectivity index (χ0) is 22.6. The fourth-order valence-electron chi connectivity index (χ4n) is 4.57. The smallest absolute Gasteiger partial charge is 0.290 e. The van der Waals surface area contributed by atoms with Crippen molar-refractivity contribution in [1.82, 2.24) is 4.90 Å². The van der Waals surface area contributed by atoms with Gasteiger partial charge >= 0.3 is 0 Å². The van der Waals surface area contributed by atoms with Crippen molar-refractivity contribution < 1.29 is 19.1 Å². The molecule has 1 amide bonds. The third kappa shape index (κ3) is 4.50. The highest BCUT2D eigenvalue weighted by molar-refractivity contribution is 5.99. The number of furan rings is 1. The van der Waals surface area contributed by atoms with Gasteiger partial charge in [-0.3, -0.25) is 4.79 Å². The molecule has 1 fully saturated rings. The van der Waals surface area contributed by atoms with Crippen molar-refractivity contribution in [3.63, 3.8) is 0 Å². The van der Waals surface area contributed by atoms with E-state index in [4.69, 9.17) is 9.15 Å². The topological polar surface area (TPSA) is 62.9 Å². The van der Waals surface area contributed by atoms with Crippen LogP contribution in [-0.2, 0) is 6.61 Å². The Bertz CT molecular complexity index is 1210. The normalized spacial score (nSPS) is 15.5. The summed E-state index contributed by atoms with van der Waals surface area (Å²) in [7, 11) is 0. The van der Waals surface area contributed by atoms with Crippen LogP contribution in [0.2, 0.25) is 0 Å². The lowest BCUT2D eigenvalue weighted by Gasteiger charge is -2.34. The van der Waals surface area contributed by atoms with Crippen LogP contribution in [0.5, 0.6) is 5.75 Å². The number of carbonyl (C=O) groups is 1. The highest BCUT2D eigenvalue weighted by Crippen LogP contribution is 2.33. The maximum absolute atomic E-state index is 13.5. The molecule has 1 aliphatic heterocycles. The molecule has 1 aromatic heterocycles. The second-order valence-electron chi connectivity index (χ2n) is 8.49. The molecule has 33 heavy (non-hydrogen) atoms. The van der Waals surface area contributed by atoms with Crippen molar-refractivity contribution >= 4 is 16.9 Å². The van der Waals surface area contributed by atoms with Gasteiger partial charge < -0.3 is 19.2 Å². The molecule has 0 aliphatic carbocycles. The third-order valence-electron chi connectivity index (χ3n) is 6.43. The van der Waals surface area contributed by atoms with Gasteiger partial charge in [0.25, 0.3) is 5.91 Å². The summed E-state index contributed by atoms with van der Waals surface area (Å²) in [6, 6.07) is 27.0. The summed E-state index contributed by atoms with van der Waals surface area (Å²) in [5, 5.41) is 11.7. The number of para-hydroxylation sites is 2. The number of carbonyl (C=O) groups excluding carboxylic acids is 1. The third-order valence-corrected chi connectivity index (χ3v) is 6.43. The largest absolute Gasteiger partial charge is 0.489 e. The van der Waals surface area contributed by atoms with E-state index in [-0.39, 0.29) is 18.4 Å². The zero-order valence-corrected chi connectivity index (χ0v) is 18.4. The molecule has 168 valence electrons. The Balaban J connectivity index is 1.32. The van der Waals surface area contributed by atoms with Gasteiger partial charge in [-0.25, -0.2) is 0 Å². The summed E-state index contributed by atoms with van der Waals surface area (Å²) in [5.74, 6) is 1.10. The standard InChI is InChI=1S/C28H27NO4/c30-26(20-9-3-1-4-10-20)21-15-17-29(18-16-21)28(31)27-24(19-32-22-11-5-2-6-12-22)23-13-7-8-14-25(23)33-27/h1-14,21,26,30H,15-19H2. The molecule has 1 saturated heterocycles. The first-order valence-corrected chi connectivity index (χ1v) is 11.4. The van der Waals surface area contributed by atoms with Crippen LogP contribution in [0.3, 0.4) is 0 Å². The van der Waals surface area contributed by atoms with Gasteiger partial charge in [0.2, 0.25) is 0 Å². The van der Waals surface area contributed by atoms with Gasteiger partial charge in [-0.15, -0.1) is 0 Å². The van der Waals surface area contributed by atoms with E-state index in [1.807, 2.05) is 89.8 Å². The van der Waals surface area contributed by atoms with Gasteiger partial charge in [-0.1, -0.05) is 66.7 Å². The Labute approximate surface area is 193 Å². The summed E-state index contributed by atoms with van der Waals surface area (Å²) < 4.78 is 12.0. The molecule has 1 atom stereocenters. The van der Waals surface area contributed by atoms with E-state index in [0.717, 1.165) is 35.1 Å². The van der Waals surface area contributed by atoms with Gasteiger partial charge in [-0.2, -0.15) is 0 Å². The Morgan fingerprint density at radius 2 is 1.58 bits per heavy atom. The highest BCUT2D eigenvalue weighted by atomic mass is 16.5. The van der Waals surface area contributed by atoms with E-state index in [1.54, 1.807) is 0 Å². The van der Waals surface area contributed by atoms with Crippen LogP contribution >= 0.6 is 0 Å². The molecule has 0 saturated carbocycles. The molecule has 3 aromatic carbocycles. The molecule has 0 bridgehead atoms. The number of hydrogen-bond donors (Lipinski definition) is 1. The predicted molar refractivity (Wildman–Crippen MR) is 127 cm³/mol. The summed E-state index contributed by atoms with van der Waals surface area (Å²) in [6.07, 6.45) is 0.986. The number of nitrogens with zero attached hydrogens (tertiary/aromatic N) is 1. The number of likely N-dealkylation sites (tertiary alicyclic amines) is 1. The van der Waals surface area contributed by atoms with Gasteiger partial charge in [0.05, 0.1) is 6.10 Å². The number of hydrogen-bond acceptors (Lipinski definition) is 4.